The Bertz CT molecular complexity index is 1970. The van der Waals surface area contributed by atoms with Gasteiger partial charge >= 0.3 is 0 Å². The molecule has 5 aromatic carbocycles. The first-order valence-corrected chi connectivity index (χ1v) is 20.4. The Balaban J connectivity index is 1.41. The van der Waals surface area contributed by atoms with E-state index in [2.05, 4.69) is 13.8 Å². The largest absolute Gasteiger partial charge is 0.493 e. The fourth-order valence-electron chi connectivity index (χ4n) is 7.70. The van der Waals surface area contributed by atoms with Crippen LogP contribution in [0.2, 0.25) is 0 Å². The minimum Gasteiger partial charge on any atom is -0.493 e. The third kappa shape index (κ3) is 9.87. The second kappa shape index (κ2) is 20.3. The Morgan fingerprint density at radius 2 is 0.654 bits per heavy atom. The molecule has 0 aromatic heterocycles. The maximum absolute atomic E-state index is 13.6. The predicted octanol–water partition coefficient (Wildman–Crippen LogP) is 11.2. The van der Waals surface area contributed by atoms with Crippen molar-refractivity contribution < 1.29 is 9.47 Å². The molecule has 0 bridgehead atoms. The van der Waals surface area contributed by atoms with Crippen LogP contribution < -0.4 is 31.2 Å². The van der Waals surface area contributed by atoms with E-state index in [1.54, 1.807) is 12.1 Å². The summed E-state index contributed by atoms with van der Waals surface area (Å²) in [5.74, 6) is 0.997. The number of unbranched alkanes of at least 4 members (excludes halogenated alkanes) is 18. The van der Waals surface area contributed by atoms with E-state index in [1.807, 2.05) is 12.1 Å². The number of rotatable bonds is 24. The second-order valence-corrected chi connectivity index (χ2v) is 14.7. The van der Waals surface area contributed by atoms with Crippen molar-refractivity contribution in [3.63, 3.8) is 0 Å². The molecule has 5 aromatic rings. The van der Waals surface area contributed by atoms with Crippen molar-refractivity contribution in [3.8, 4) is 11.5 Å². The summed E-state index contributed by atoms with van der Waals surface area (Å²) in [4.78, 5) is 53.7. The van der Waals surface area contributed by atoms with Gasteiger partial charge in [0.05, 0.1) is 13.2 Å². The fraction of sp³-hybridized carbons (Fsp3) is 0.522. The average Bonchev–Trinajstić information content (AvgIpc) is 3.15. The van der Waals surface area contributed by atoms with Crippen molar-refractivity contribution in [2.45, 2.75) is 142 Å². The van der Waals surface area contributed by atoms with Crippen LogP contribution >= 0.6 is 0 Å². The summed E-state index contributed by atoms with van der Waals surface area (Å²) in [6.45, 7) is 5.43. The van der Waals surface area contributed by atoms with E-state index >= 15 is 0 Å². The molecule has 0 heterocycles. The molecule has 0 spiro atoms. The van der Waals surface area contributed by atoms with Crippen LogP contribution in [0.15, 0.2) is 67.7 Å². The smallest absolute Gasteiger partial charge is 0.187 e. The predicted molar refractivity (Wildman–Crippen MR) is 219 cm³/mol. The molecule has 0 saturated carbocycles. The highest BCUT2D eigenvalue weighted by molar-refractivity contribution is 6.29. The lowest BCUT2D eigenvalue weighted by Gasteiger charge is -2.17. The maximum atomic E-state index is 13.6. The van der Waals surface area contributed by atoms with Gasteiger partial charge in [0, 0.05) is 43.1 Å². The zero-order valence-electron chi connectivity index (χ0n) is 31.6. The van der Waals surface area contributed by atoms with E-state index in [4.69, 9.17) is 9.47 Å². The van der Waals surface area contributed by atoms with E-state index < -0.39 is 0 Å². The molecule has 0 N–H and O–H groups in total. The Labute approximate surface area is 308 Å². The third-order valence-electron chi connectivity index (χ3n) is 10.6. The van der Waals surface area contributed by atoms with E-state index in [0.29, 0.717) is 46.3 Å². The van der Waals surface area contributed by atoms with Crippen LogP contribution in [0, 0.1) is 0 Å². The number of fused-ring (bicyclic) bond motifs is 7. The Hall–Kier alpha value is -4.06. The summed E-state index contributed by atoms with van der Waals surface area (Å²) in [6, 6.07) is 12.3. The monoisotopic (exact) mass is 706 g/mol. The maximum Gasteiger partial charge on any atom is 0.187 e. The van der Waals surface area contributed by atoms with Gasteiger partial charge in [-0.2, -0.15) is 0 Å². The Morgan fingerprint density at radius 3 is 1.00 bits per heavy atom. The van der Waals surface area contributed by atoms with Crippen molar-refractivity contribution >= 4 is 43.1 Å². The molecule has 6 nitrogen and oxygen atoms in total. The van der Waals surface area contributed by atoms with Crippen molar-refractivity contribution in [1.29, 1.82) is 0 Å². The number of benzene rings is 5. The minimum atomic E-state index is -0.316. The molecule has 0 fully saturated rings. The molecule has 0 aliphatic carbocycles. The summed E-state index contributed by atoms with van der Waals surface area (Å²) >= 11 is 0. The van der Waals surface area contributed by atoms with E-state index in [1.165, 1.54) is 114 Å². The molecular formula is C46H58O6. The molecule has 0 amide bonds. The molecule has 0 atom stereocenters. The molecule has 0 aliphatic heterocycles. The highest BCUT2D eigenvalue weighted by Crippen LogP contribution is 2.41. The number of hydrogen-bond donors (Lipinski definition) is 0. The Kier molecular flexibility index (Phi) is 15.2. The van der Waals surface area contributed by atoms with E-state index in [0.717, 1.165) is 38.5 Å². The summed E-state index contributed by atoms with van der Waals surface area (Å²) in [6.07, 6.45) is 24.2. The quantitative estimate of drug-likeness (QED) is 0.0469. The summed E-state index contributed by atoms with van der Waals surface area (Å²) in [7, 11) is 0. The van der Waals surface area contributed by atoms with Gasteiger partial charge in [-0.1, -0.05) is 129 Å². The number of ether oxygens (including phenoxy) is 2. The zero-order chi connectivity index (χ0) is 36.7. The molecule has 52 heavy (non-hydrogen) atoms. The average molecular weight is 707 g/mol. The van der Waals surface area contributed by atoms with Gasteiger partial charge in [0.2, 0.25) is 0 Å². The topological polar surface area (TPSA) is 86.7 Å². The van der Waals surface area contributed by atoms with Crippen molar-refractivity contribution in [1.82, 2.24) is 0 Å². The van der Waals surface area contributed by atoms with Crippen LogP contribution in [0.3, 0.4) is 0 Å². The third-order valence-corrected chi connectivity index (χ3v) is 10.6. The normalized spacial score (nSPS) is 11.7. The van der Waals surface area contributed by atoms with Crippen LogP contribution in [0.5, 0.6) is 11.5 Å². The molecule has 0 aliphatic rings. The first-order chi connectivity index (χ1) is 25.5. The van der Waals surface area contributed by atoms with Gasteiger partial charge in [-0.05, 0) is 61.4 Å². The van der Waals surface area contributed by atoms with Gasteiger partial charge in [0.1, 0.15) is 11.5 Å². The molecular weight excluding hydrogens is 649 g/mol. The summed E-state index contributed by atoms with van der Waals surface area (Å²) in [5.41, 5.74) is -1.21. The lowest BCUT2D eigenvalue weighted by Crippen LogP contribution is -2.13. The van der Waals surface area contributed by atoms with Crippen LogP contribution in [0.1, 0.15) is 142 Å². The van der Waals surface area contributed by atoms with Crippen molar-refractivity contribution in [2.24, 2.45) is 0 Å². The van der Waals surface area contributed by atoms with Crippen LogP contribution in [-0.2, 0) is 0 Å². The minimum absolute atomic E-state index is 0.239. The number of hydrogen-bond acceptors (Lipinski definition) is 6. The molecule has 0 unspecified atom stereocenters. The van der Waals surface area contributed by atoms with Gasteiger partial charge in [0.15, 0.2) is 21.7 Å². The van der Waals surface area contributed by atoms with Gasteiger partial charge in [-0.15, -0.1) is 0 Å². The van der Waals surface area contributed by atoms with Crippen LogP contribution in [0.25, 0.3) is 43.1 Å². The SMILES string of the molecule is CCCCCCCCCCCCOc1cc2c(=O)ccc(=O)c2c2c1ccc1c(OCCCCCCCCCCCC)cc3c(=O)ccc(=O)c3c12. The van der Waals surface area contributed by atoms with Gasteiger partial charge in [-0.25, -0.2) is 0 Å². The standard InChI is InChI=1S/C46H58O6/c1-3-5-7-9-11-13-15-17-19-21-29-51-41-31-35-37(47)25-27-39(49)43(35)45-33(41)23-24-34-42(32-36-38(48)26-28-40(50)44(36)46(34)45)52-30-22-20-18-16-14-12-10-8-6-4-2/h23-28,31-32H,3-22,29-30H2,1-2H3. The second-order valence-electron chi connectivity index (χ2n) is 14.7. The zero-order valence-corrected chi connectivity index (χ0v) is 31.6. The van der Waals surface area contributed by atoms with Gasteiger partial charge < -0.3 is 9.47 Å². The first-order valence-electron chi connectivity index (χ1n) is 20.4. The highest BCUT2D eigenvalue weighted by atomic mass is 16.5. The first kappa shape index (κ1) is 39.2. The summed E-state index contributed by atoms with van der Waals surface area (Å²) in [5, 5.41) is 3.19. The molecule has 0 radical (unpaired) electrons. The highest BCUT2D eigenvalue weighted by Gasteiger charge is 2.21. The van der Waals surface area contributed by atoms with Crippen LogP contribution in [-0.4, -0.2) is 13.2 Å². The van der Waals surface area contributed by atoms with E-state index in [9.17, 15) is 19.2 Å². The van der Waals surface area contributed by atoms with Gasteiger partial charge in [-0.3, -0.25) is 19.2 Å². The summed E-state index contributed by atoms with van der Waals surface area (Å²) < 4.78 is 12.7. The molecule has 0 saturated heterocycles. The van der Waals surface area contributed by atoms with Crippen LogP contribution in [0.4, 0.5) is 0 Å². The fourth-order valence-corrected chi connectivity index (χ4v) is 7.70. The lowest BCUT2D eigenvalue weighted by molar-refractivity contribution is 0.307. The van der Waals surface area contributed by atoms with E-state index in [-0.39, 0.29) is 43.3 Å². The molecule has 6 heteroatoms. The molecule has 278 valence electrons. The lowest BCUT2D eigenvalue weighted by atomic mass is 9.91. The van der Waals surface area contributed by atoms with Crippen molar-refractivity contribution in [3.05, 3.63) is 89.4 Å². The Morgan fingerprint density at radius 1 is 0.346 bits per heavy atom. The van der Waals surface area contributed by atoms with Gasteiger partial charge in [0.25, 0.3) is 0 Å². The molecule has 5 rings (SSSR count). The van der Waals surface area contributed by atoms with Crippen molar-refractivity contribution in [2.75, 3.05) is 13.2 Å².